The van der Waals surface area contributed by atoms with Gasteiger partial charge in [-0.05, 0) is 57.4 Å². The Balaban J connectivity index is 2.12. The lowest BCUT2D eigenvalue weighted by atomic mass is 9.92. The molecule has 1 aromatic carbocycles. The molecule has 0 amide bonds. The van der Waals surface area contributed by atoms with E-state index in [4.69, 9.17) is 4.98 Å². The summed E-state index contributed by atoms with van der Waals surface area (Å²) in [5, 5.41) is 11.2. The molecule has 1 aliphatic heterocycles. The molecule has 4 heteroatoms. The lowest BCUT2D eigenvalue weighted by molar-refractivity contribution is 0.115. The third-order valence-electron chi connectivity index (χ3n) is 4.86. The van der Waals surface area contributed by atoms with Gasteiger partial charge in [0.15, 0.2) is 0 Å². The van der Waals surface area contributed by atoms with Gasteiger partial charge in [-0.15, -0.1) is 0 Å². The van der Waals surface area contributed by atoms with Crippen LogP contribution in [0.15, 0.2) is 22.7 Å². The number of aliphatic hydroxyl groups excluding tert-OH is 1. The minimum Gasteiger partial charge on any atom is -0.393 e. The fraction of sp³-hybridized carbons (Fsp3) is 0.500. The summed E-state index contributed by atoms with van der Waals surface area (Å²) >= 11 is 3.58. The Morgan fingerprint density at radius 1 is 1.36 bits per heavy atom. The Hall–Kier alpha value is -1.13. The molecule has 2 aromatic rings. The maximum absolute atomic E-state index is 9.98. The van der Waals surface area contributed by atoms with E-state index in [0.29, 0.717) is 5.92 Å². The van der Waals surface area contributed by atoms with Crippen molar-refractivity contribution in [3.05, 3.63) is 33.9 Å². The number of halogens is 1. The van der Waals surface area contributed by atoms with Gasteiger partial charge in [0, 0.05) is 34.6 Å². The van der Waals surface area contributed by atoms with E-state index in [9.17, 15) is 5.11 Å². The summed E-state index contributed by atoms with van der Waals surface area (Å²) in [5.41, 5.74) is 4.66. The Morgan fingerprint density at radius 3 is 2.86 bits per heavy atom. The van der Waals surface area contributed by atoms with Crippen LogP contribution in [0.4, 0.5) is 5.69 Å². The van der Waals surface area contributed by atoms with Crippen molar-refractivity contribution in [1.82, 2.24) is 4.98 Å². The lowest BCUT2D eigenvalue weighted by Gasteiger charge is -2.37. The smallest absolute Gasteiger partial charge is 0.0727 e. The minimum absolute atomic E-state index is 0.246. The zero-order valence-corrected chi connectivity index (χ0v) is 15.0. The van der Waals surface area contributed by atoms with Crippen molar-refractivity contribution < 1.29 is 5.11 Å². The number of pyridine rings is 1. The number of hydrogen-bond acceptors (Lipinski definition) is 3. The second kappa shape index (κ2) is 6.17. The number of anilines is 1. The molecule has 0 saturated carbocycles. The molecule has 0 bridgehead atoms. The topological polar surface area (TPSA) is 36.4 Å². The van der Waals surface area contributed by atoms with Gasteiger partial charge in [0.1, 0.15) is 0 Å². The number of aliphatic hydroxyl groups is 1. The Bertz CT molecular complexity index is 699. The standard InChI is InChI=1S/C18H23BrN2O/c1-11-12(2)20-17-7-6-15(19)9-16(17)18(11)21-8-4-5-14(10-21)13(3)22/h6-7,9,13-14,22H,4-5,8,10H2,1-3H3. The van der Waals surface area contributed by atoms with Crippen LogP contribution in [0.3, 0.4) is 0 Å². The predicted molar refractivity (Wildman–Crippen MR) is 95.5 cm³/mol. The molecule has 0 spiro atoms. The molecule has 3 rings (SSSR count). The molecule has 2 heterocycles. The van der Waals surface area contributed by atoms with Gasteiger partial charge in [-0.2, -0.15) is 0 Å². The average molecular weight is 363 g/mol. The summed E-state index contributed by atoms with van der Waals surface area (Å²) in [4.78, 5) is 7.17. The van der Waals surface area contributed by atoms with Gasteiger partial charge in [0.05, 0.1) is 17.3 Å². The Morgan fingerprint density at radius 2 is 2.14 bits per heavy atom. The first-order valence-electron chi connectivity index (χ1n) is 7.97. The largest absolute Gasteiger partial charge is 0.393 e. The highest BCUT2D eigenvalue weighted by Gasteiger charge is 2.26. The van der Waals surface area contributed by atoms with Crippen molar-refractivity contribution in [3.63, 3.8) is 0 Å². The quantitative estimate of drug-likeness (QED) is 0.868. The van der Waals surface area contributed by atoms with E-state index in [1.807, 2.05) is 13.0 Å². The number of aryl methyl sites for hydroxylation is 1. The molecule has 1 aliphatic rings. The van der Waals surface area contributed by atoms with Crippen LogP contribution in [0.1, 0.15) is 31.0 Å². The highest BCUT2D eigenvalue weighted by molar-refractivity contribution is 9.10. The molecular formula is C18H23BrN2O. The van der Waals surface area contributed by atoms with Crippen molar-refractivity contribution in [2.75, 3.05) is 18.0 Å². The third kappa shape index (κ3) is 2.86. The van der Waals surface area contributed by atoms with E-state index in [1.165, 1.54) is 16.6 Å². The average Bonchev–Trinajstić information content (AvgIpc) is 2.49. The van der Waals surface area contributed by atoms with Gasteiger partial charge >= 0.3 is 0 Å². The van der Waals surface area contributed by atoms with Crippen LogP contribution < -0.4 is 4.90 Å². The van der Waals surface area contributed by atoms with Crippen LogP contribution >= 0.6 is 15.9 Å². The summed E-state index contributed by atoms with van der Waals surface area (Å²) < 4.78 is 1.08. The second-order valence-corrected chi connectivity index (χ2v) is 7.34. The fourth-order valence-corrected chi connectivity index (χ4v) is 3.81. The van der Waals surface area contributed by atoms with E-state index in [1.54, 1.807) is 0 Å². The van der Waals surface area contributed by atoms with Gasteiger partial charge in [-0.25, -0.2) is 0 Å². The van der Waals surface area contributed by atoms with Crippen LogP contribution in [0.5, 0.6) is 0 Å². The summed E-state index contributed by atoms with van der Waals surface area (Å²) in [7, 11) is 0. The van der Waals surface area contributed by atoms with E-state index in [-0.39, 0.29) is 6.10 Å². The maximum Gasteiger partial charge on any atom is 0.0727 e. The van der Waals surface area contributed by atoms with Crippen molar-refractivity contribution in [2.24, 2.45) is 5.92 Å². The first kappa shape index (κ1) is 15.8. The van der Waals surface area contributed by atoms with Gasteiger partial charge in [-0.3, -0.25) is 4.98 Å². The third-order valence-corrected chi connectivity index (χ3v) is 5.35. The van der Waals surface area contributed by atoms with Crippen LogP contribution in [0, 0.1) is 19.8 Å². The monoisotopic (exact) mass is 362 g/mol. The van der Waals surface area contributed by atoms with E-state index in [2.05, 4.69) is 46.8 Å². The SMILES string of the molecule is Cc1nc2ccc(Br)cc2c(N2CCCC(C(C)O)C2)c1C. The molecule has 22 heavy (non-hydrogen) atoms. The van der Waals surface area contributed by atoms with Crippen molar-refractivity contribution in [1.29, 1.82) is 0 Å². The van der Waals surface area contributed by atoms with Gasteiger partial charge < -0.3 is 10.0 Å². The van der Waals surface area contributed by atoms with E-state index >= 15 is 0 Å². The highest BCUT2D eigenvalue weighted by atomic mass is 79.9. The predicted octanol–water partition coefficient (Wildman–Crippen LogP) is 4.21. The molecular weight excluding hydrogens is 340 g/mol. The molecule has 2 atom stereocenters. The number of rotatable bonds is 2. The Kier molecular flexibility index (Phi) is 4.42. The lowest BCUT2D eigenvalue weighted by Crippen LogP contribution is -2.40. The number of nitrogens with zero attached hydrogens (tertiary/aromatic N) is 2. The summed E-state index contributed by atoms with van der Waals surface area (Å²) in [5.74, 6) is 0.351. The normalized spacial score (nSPS) is 20.4. The van der Waals surface area contributed by atoms with Crippen LogP contribution in [0.25, 0.3) is 10.9 Å². The minimum atomic E-state index is -0.246. The molecule has 0 aliphatic carbocycles. The number of fused-ring (bicyclic) bond motifs is 1. The number of benzene rings is 1. The molecule has 1 aromatic heterocycles. The number of hydrogen-bond donors (Lipinski definition) is 1. The maximum atomic E-state index is 9.98. The van der Waals surface area contributed by atoms with Crippen molar-refractivity contribution in [3.8, 4) is 0 Å². The van der Waals surface area contributed by atoms with Crippen molar-refractivity contribution >= 4 is 32.5 Å². The van der Waals surface area contributed by atoms with Crippen LogP contribution in [-0.4, -0.2) is 29.3 Å². The first-order valence-corrected chi connectivity index (χ1v) is 8.76. The van der Waals surface area contributed by atoms with E-state index < -0.39 is 0 Å². The van der Waals surface area contributed by atoms with Gasteiger partial charge in [0.25, 0.3) is 0 Å². The van der Waals surface area contributed by atoms with Crippen molar-refractivity contribution in [2.45, 2.75) is 39.7 Å². The highest BCUT2D eigenvalue weighted by Crippen LogP contribution is 2.35. The molecule has 3 nitrogen and oxygen atoms in total. The zero-order valence-electron chi connectivity index (χ0n) is 13.4. The molecule has 1 fully saturated rings. The first-order chi connectivity index (χ1) is 10.5. The number of piperidine rings is 1. The zero-order chi connectivity index (χ0) is 15.9. The fourth-order valence-electron chi connectivity index (χ4n) is 3.45. The Labute approximate surface area is 140 Å². The van der Waals surface area contributed by atoms with Gasteiger partial charge in [0.2, 0.25) is 0 Å². The second-order valence-electron chi connectivity index (χ2n) is 6.42. The summed E-state index contributed by atoms with van der Waals surface area (Å²) in [6.07, 6.45) is 1.99. The summed E-state index contributed by atoms with van der Waals surface area (Å²) in [6, 6.07) is 6.28. The molecule has 0 radical (unpaired) electrons. The molecule has 118 valence electrons. The van der Waals surface area contributed by atoms with Gasteiger partial charge in [-0.1, -0.05) is 15.9 Å². The molecule has 1 saturated heterocycles. The van der Waals surface area contributed by atoms with Crippen LogP contribution in [-0.2, 0) is 0 Å². The summed E-state index contributed by atoms with van der Waals surface area (Å²) in [6.45, 7) is 8.12. The molecule has 1 N–H and O–H groups in total. The molecule has 2 unspecified atom stereocenters. The van der Waals surface area contributed by atoms with Crippen LogP contribution in [0.2, 0.25) is 0 Å². The van der Waals surface area contributed by atoms with E-state index in [0.717, 1.165) is 41.6 Å². The number of aromatic nitrogens is 1.